The molecule has 2 aromatic carbocycles. The van der Waals surface area contributed by atoms with Gasteiger partial charge in [0, 0.05) is 17.5 Å². The monoisotopic (exact) mass is 455 g/mol. The third-order valence-corrected chi connectivity index (χ3v) is 8.05. The molecule has 0 amide bonds. The van der Waals surface area contributed by atoms with Gasteiger partial charge in [-0.25, -0.2) is 13.2 Å². The zero-order valence-corrected chi connectivity index (χ0v) is 19.6. The number of hydrogen-bond acceptors (Lipinski definition) is 5. The van der Waals surface area contributed by atoms with Crippen LogP contribution in [0.15, 0.2) is 51.8 Å². The van der Waals surface area contributed by atoms with E-state index in [4.69, 9.17) is 9.15 Å². The summed E-state index contributed by atoms with van der Waals surface area (Å²) in [5, 5.41) is 0.607. The van der Waals surface area contributed by atoms with E-state index >= 15 is 0 Å². The summed E-state index contributed by atoms with van der Waals surface area (Å²) in [5.41, 5.74) is 3.22. The molecule has 0 N–H and O–H groups in total. The van der Waals surface area contributed by atoms with Crippen molar-refractivity contribution in [3.05, 3.63) is 64.9 Å². The fourth-order valence-electron chi connectivity index (χ4n) is 4.38. The molecule has 1 fully saturated rings. The third kappa shape index (κ3) is 4.19. The van der Waals surface area contributed by atoms with Crippen LogP contribution in [0, 0.1) is 13.8 Å². The molecule has 0 radical (unpaired) electrons. The minimum atomic E-state index is -3.75. The minimum absolute atomic E-state index is 0.115. The molecule has 1 saturated heterocycles. The van der Waals surface area contributed by atoms with Crippen LogP contribution < -0.4 is 0 Å². The highest BCUT2D eigenvalue weighted by molar-refractivity contribution is 7.89. The van der Waals surface area contributed by atoms with Crippen LogP contribution in [0.5, 0.6) is 0 Å². The number of ether oxygens (including phenoxy) is 1. The van der Waals surface area contributed by atoms with Crippen LogP contribution in [-0.2, 0) is 14.8 Å². The van der Waals surface area contributed by atoms with E-state index in [1.807, 2.05) is 31.2 Å². The number of furan rings is 1. The summed E-state index contributed by atoms with van der Waals surface area (Å²) in [4.78, 5) is 12.4. The summed E-state index contributed by atoms with van der Waals surface area (Å²) in [7, 11) is -3.75. The second kappa shape index (κ2) is 9.08. The summed E-state index contributed by atoms with van der Waals surface area (Å²) in [6.07, 6.45) is 3.63. The van der Waals surface area contributed by atoms with Crippen molar-refractivity contribution in [3.63, 3.8) is 0 Å². The molecule has 6 nitrogen and oxygen atoms in total. The van der Waals surface area contributed by atoms with Gasteiger partial charge in [-0.05, 0) is 57.4 Å². The Hall–Kier alpha value is -2.64. The molecule has 1 unspecified atom stereocenters. The van der Waals surface area contributed by atoms with Crippen molar-refractivity contribution in [2.24, 2.45) is 0 Å². The second-order valence-electron chi connectivity index (χ2n) is 8.33. The molecular formula is C25H29NO5S. The van der Waals surface area contributed by atoms with Gasteiger partial charge in [-0.2, -0.15) is 4.31 Å². The molecule has 32 heavy (non-hydrogen) atoms. The molecule has 170 valence electrons. The molecule has 1 aliphatic heterocycles. The fourth-order valence-corrected chi connectivity index (χ4v) is 6.09. The standard InChI is InChI=1S/C25H29NO5S/c1-4-30-25(27)24-18(3)21-16-20(13-14-23(21)31-24)32(28,29)26-15-7-5-6-8-22(26)19-11-9-17(2)10-12-19/h9-14,16,22H,4-8,15H2,1-3H3. The van der Waals surface area contributed by atoms with Crippen LogP contribution in [0.1, 0.15) is 65.9 Å². The number of fused-ring (bicyclic) bond motifs is 1. The van der Waals surface area contributed by atoms with Crippen molar-refractivity contribution in [1.82, 2.24) is 4.31 Å². The first-order chi connectivity index (χ1) is 15.3. The maximum Gasteiger partial charge on any atom is 0.374 e. The Balaban J connectivity index is 1.75. The number of nitrogens with zero attached hydrogens (tertiary/aromatic N) is 1. The van der Waals surface area contributed by atoms with E-state index in [-0.39, 0.29) is 23.3 Å². The third-order valence-electron chi connectivity index (χ3n) is 6.14. The normalized spacial score (nSPS) is 17.9. The predicted molar refractivity (Wildman–Crippen MR) is 123 cm³/mol. The van der Waals surface area contributed by atoms with Gasteiger partial charge in [0.2, 0.25) is 15.8 Å². The maximum absolute atomic E-state index is 13.8. The van der Waals surface area contributed by atoms with Crippen LogP contribution in [0.25, 0.3) is 11.0 Å². The Morgan fingerprint density at radius 1 is 1.09 bits per heavy atom. The smallest absolute Gasteiger partial charge is 0.374 e. The van der Waals surface area contributed by atoms with Crippen LogP contribution in [-0.4, -0.2) is 31.8 Å². The molecule has 1 atom stereocenters. The van der Waals surface area contributed by atoms with E-state index in [0.717, 1.165) is 36.8 Å². The molecular weight excluding hydrogens is 426 g/mol. The average molecular weight is 456 g/mol. The summed E-state index contributed by atoms with van der Waals surface area (Å²) < 4.78 is 40.0. The minimum Gasteiger partial charge on any atom is -0.460 e. The van der Waals surface area contributed by atoms with Crippen molar-refractivity contribution in [3.8, 4) is 0 Å². The average Bonchev–Trinajstić information content (AvgIpc) is 2.94. The molecule has 0 saturated carbocycles. The molecule has 0 aliphatic carbocycles. The van der Waals surface area contributed by atoms with Gasteiger partial charge >= 0.3 is 5.97 Å². The Morgan fingerprint density at radius 3 is 2.56 bits per heavy atom. The number of sulfonamides is 1. The van der Waals surface area contributed by atoms with Crippen molar-refractivity contribution in [2.75, 3.05) is 13.2 Å². The summed E-state index contributed by atoms with van der Waals surface area (Å²) in [5.74, 6) is -0.429. The zero-order chi connectivity index (χ0) is 22.9. The number of benzene rings is 2. The van der Waals surface area contributed by atoms with Crippen LogP contribution in [0.2, 0.25) is 0 Å². The van der Waals surface area contributed by atoms with E-state index < -0.39 is 16.0 Å². The van der Waals surface area contributed by atoms with E-state index in [1.54, 1.807) is 36.4 Å². The number of carbonyl (C=O) groups is 1. The van der Waals surface area contributed by atoms with Gasteiger partial charge in [-0.3, -0.25) is 0 Å². The topological polar surface area (TPSA) is 76.8 Å². The Morgan fingerprint density at radius 2 is 1.84 bits per heavy atom. The Bertz CT molecular complexity index is 1230. The van der Waals surface area contributed by atoms with E-state index in [9.17, 15) is 13.2 Å². The van der Waals surface area contributed by atoms with Crippen LogP contribution >= 0.6 is 0 Å². The molecule has 0 bridgehead atoms. The number of aryl methyl sites for hydroxylation is 2. The molecule has 3 aromatic rings. The zero-order valence-electron chi connectivity index (χ0n) is 18.8. The molecule has 4 rings (SSSR count). The highest BCUT2D eigenvalue weighted by Gasteiger charge is 2.34. The van der Waals surface area contributed by atoms with Crippen LogP contribution in [0.4, 0.5) is 0 Å². The largest absolute Gasteiger partial charge is 0.460 e. The molecule has 2 heterocycles. The summed E-state index contributed by atoms with van der Waals surface area (Å²) in [6.45, 7) is 6.22. The Labute approximate surface area is 189 Å². The van der Waals surface area contributed by atoms with Crippen molar-refractivity contribution in [2.45, 2.75) is 57.4 Å². The molecule has 0 spiro atoms. The van der Waals surface area contributed by atoms with Crippen molar-refractivity contribution >= 4 is 27.0 Å². The predicted octanol–water partition coefficient (Wildman–Crippen LogP) is 5.53. The van der Waals surface area contributed by atoms with E-state index in [1.165, 1.54) is 0 Å². The van der Waals surface area contributed by atoms with Gasteiger partial charge in [-0.15, -0.1) is 0 Å². The fraction of sp³-hybridized carbons (Fsp3) is 0.400. The van der Waals surface area contributed by atoms with Crippen LogP contribution in [0.3, 0.4) is 0 Å². The quantitative estimate of drug-likeness (QED) is 0.473. The number of rotatable bonds is 5. The molecule has 1 aromatic heterocycles. The highest BCUT2D eigenvalue weighted by atomic mass is 32.2. The van der Waals surface area contributed by atoms with E-state index in [0.29, 0.717) is 23.1 Å². The van der Waals surface area contributed by atoms with Gasteiger partial charge in [0.25, 0.3) is 0 Å². The lowest BCUT2D eigenvalue weighted by Gasteiger charge is -2.29. The van der Waals surface area contributed by atoms with Gasteiger partial charge in [0.1, 0.15) is 5.58 Å². The van der Waals surface area contributed by atoms with Crippen molar-refractivity contribution < 1.29 is 22.4 Å². The second-order valence-corrected chi connectivity index (χ2v) is 10.2. The lowest BCUT2D eigenvalue weighted by Crippen LogP contribution is -2.34. The Kier molecular flexibility index (Phi) is 6.40. The highest BCUT2D eigenvalue weighted by Crippen LogP contribution is 2.36. The summed E-state index contributed by atoms with van der Waals surface area (Å²) >= 11 is 0. The lowest BCUT2D eigenvalue weighted by molar-refractivity contribution is 0.0491. The van der Waals surface area contributed by atoms with Gasteiger partial charge in [0.05, 0.1) is 17.5 Å². The van der Waals surface area contributed by atoms with Gasteiger partial charge in [0.15, 0.2) is 0 Å². The molecule has 1 aliphatic rings. The first-order valence-corrected chi connectivity index (χ1v) is 12.6. The number of esters is 1. The van der Waals surface area contributed by atoms with Gasteiger partial charge < -0.3 is 9.15 Å². The number of carbonyl (C=O) groups excluding carboxylic acids is 1. The number of hydrogen-bond donors (Lipinski definition) is 0. The lowest BCUT2D eigenvalue weighted by atomic mass is 10.0. The first kappa shape index (κ1) is 22.6. The van der Waals surface area contributed by atoms with E-state index in [2.05, 4.69) is 0 Å². The summed E-state index contributed by atoms with van der Waals surface area (Å²) in [6, 6.07) is 12.7. The van der Waals surface area contributed by atoms with Crippen molar-refractivity contribution in [1.29, 1.82) is 0 Å². The molecule has 7 heteroatoms. The maximum atomic E-state index is 13.8. The first-order valence-electron chi connectivity index (χ1n) is 11.1. The SMILES string of the molecule is CCOC(=O)c1oc2ccc(S(=O)(=O)N3CCCCCC3c3ccc(C)cc3)cc2c1C. The van der Waals surface area contributed by atoms with Gasteiger partial charge in [-0.1, -0.05) is 42.7 Å².